The largest absolute Gasteiger partial charge is 0.292 e. The van der Waals surface area contributed by atoms with Crippen LogP contribution in [0, 0.1) is 34.6 Å². The molecule has 2 aromatic rings. The van der Waals surface area contributed by atoms with Gasteiger partial charge >= 0.3 is 0 Å². The van der Waals surface area contributed by atoms with Crippen LogP contribution in [-0.2, 0) is 6.54 Å². The first-order valence-electron chi connectivity index (χ1n) is 6.01. The highest BCUT2D eigenvalue weighted by Crippen LogP contribution is 2.22. The fourth-order valence-electron chi connectivity index (χ4n) is 2.07. The van der Waals surface area contributed by atoms with Crippen LogP contribution in [0.3, 0.4) is 0 Å². The Kier molecular flexibility index (Phi) is 3.39. The van der Waals surface area contributed by atoms with Gasteiger partial charge in [-0.1, -0.05) is 0 Å². The number of hydrogen-bond donors (Lipinski definition) is 0. The molecule has 0 aromatic carbocycles. The SMILES string of the molecule is Cc1cc(C(=O)Cn2nc(C)c(C)c2C)c(C)s1. The highest BCUT2D eigenvalue weighted by molar-refractivity contribution is 7.12. The Labute approximate surface area is 111 Å². The van der Waals surface area contributed by atoms with Crippen molar-refractivity contribution in [3.05, 3.63) is 38.3 Å². The zero-order chi connectivity index (χ0) is 13.4. The van der Waals surface area contributed by atoms with E-state index in [4.69, 9.17) is 0 Å². The van der Waals surface area contributed by atoms with E-state index in [1.807, 2.05) is 40.7 Å². The van der Waals surface area contributed by atoms with Crippen molar-refractivity contribution in [1.29, 1.82) is 0 Å². The molecule has 0 aliphatic carbocycles. The van der Waals surface area contributed by atoms with Crippen LogP contribution in [0.25, 0.3) is 0 Å². The zero-order valence-electron chi connectivity index (χ0n) is 11.5. The van der Waals surface area contributed by atoms with Gasteiger partial charge in [-0.25, -0.2) is 0 Å². The van der Waals surface area contributed by atoms with Crippen LogP contribution in [-0.4, -0.2) is 15.6 Å². The van der Waals surface area contributed by atoms with Gasteiger partial charge in [0.1, 0.15) is 6.54 Å². The van der Waals surface area contributed by atoms with E-state index in [2.05, 4.69) is 5.10 Å². The number of carbonyl (C=O) groups is 1. The van der Waals surface area contributed by atoms with Crippen LogP contribution in [0.15, 0.2) is 6.07 Å². The van der Waals surface area contributed by atoms with Gasteiger partial charge in [0.2, 0.25) is 0 Å². The smallest absolute Gasteiger partial charge is 0.185 e. The fraction of sp³-hybridized carbons (Fsp3) is 0.429. The minimum absolute atomic E-state index is 0.141. The van der Waals surface area contributed by atoms with Gasteiger partial charge in [-0.05, 0) is 46.2 Å². The molecule has 2 rings (SSSR count). The summed E-state index contributed by atoms with van der Waals surface area (Å²) in [4.78, 5) is 14.5. The quantitative estimate of drug-likeness (QED) is 0.795. The number of thiophene rings is 1. The highest BCUT2D eigenvalue weighted by Gasteiger charge is 2.15. The van der Waals surface area contributed by atoms with Gasteiger partial charge in [0.25, 0.3) is 0 Å². The Morgan fingerprint density at radius 2 is 1.94 bits per heavy atom. The van der Waals surface area contributed by atoms with E-state index in [0.29, 0.717) is 6.54 Å². The van der Waals surface area contributed by atoms with Crippen LogP contribution in [0.1, 0.15) is 37.1 Å². The first-order valence-corrected chi connectivity index (χ1v) is 6.82. The Hall–Kier alpha value is -1.42. The molecule has 0 bridgehead atoms. The molecule has 0 spiro atoms. The number of aromatic nitrogens is 2. The van der Waals surface area contributed by atoms with Gasteiger partial charge in [0.05, 0.1) is 5.69 Å². The summed E-state index contributed by atoms with van der Waals surface area (Å²) >= 11 is 1.67. The van der Waals surface area contributed by atoms with Gasteiger partial charge in [-0.3, -0.25) is 9.48 Å². The third kappa shape index (κ3) is 2.25. The number of aryl methyl sites for hydroxylation is 3. The summed E-state index contributed by atoms with van der Waals surface area (Å²) in [5, 5.41) is 4.41. The van der Waals surface area contributed by atoms with Crippen molar-refractivity contribution in [1.82, 2.24) is 9.78 Å². The molecule has 18 heavy (non-hydrogen) atoms. The molecular weight excluding hydrogens is 244 g/mol. The molecule has 0 atom stereocenters. The second kappa shape index (κ2) is 4.69. The van der Waals surface area contributed by atoms with Crippen molar-refractivity contribution in [2.75, 3.05) is 0 Å². The first kappa shape index (κ1) is 13.0. The van der Waals surface area contributed by atoms with Crippen LogP contribution in [0.5, 0.6) is 0 Å². The monoisotopic (exact) mass is 262 g/mol. The van der Waals surface area contributed by atoms with Crippen molar-refractivity contribution in [3.63, 3.8) is 0 Å². The minimum atomic E-state index is 0.141. The molecule has 2 aromatic heterocycles. The predicted molar refractivity (Wildman–Crippen MR) is 74.6 cm³/mol. The van der Waals surface area contributed by atoms with E-state index in [0.717, 1.165) is 21.8 Å². The maximum Gasteiger partial charge on any atom is 0.185 e. The lowest BCUT2D eigenvalue weighted by Gasteiger charge is -2.03. The lowest BCUT2D eigenvalue weighted by Crippen LogP contribution is -2.13. The van der Waals surface area contributed by atoms with E-state index in [1.165, 1.54) is 10.4 Å². The van der Waals surface area contributed by atoms with Gasteiger partial charge in [0.15, 0.2) is 5.78 Å². The maximum absolute atomic E-state index is 12.3. The Balaban J connectivity index is 2.27. The summed E-state index contributed by atoms with van der Waals surface area (Å²) in [5.41, 5.74) is 4.08. The molecule has 0 N–H and O–H groups in total. The zero-order valence-corrected chi connectivity index (χ0v) is 12.3. The van der Waals surface area contributed by atoms with Gasteiger partial charge in [0, 0.05) is 21.0 Å². The van der Waals surface area contributed by atoms with E-state index in [1.54, 1.807) is 16.0 Å². The fourth-order valence-corrected chi connectivity index (χ4v) is 3.01. The molecule has 0 aliphatic rings. The molecule has 0 amide bonds. The normalized spacial score (nSPS) is 10.9. The summed E-state index contributed by atoms with van der Waals surface area (Å²) in [6, 6.07) is 1.97. The average Bonchev–Trinajstić information content (AvgIpc) is 2.75. The van der Waals surface area contributed by atoms with Gasteiger partial charge in [-0.2, -0.15) is 5.10 Å². The van der Waals surface area contributed by atoms with Crippen molar-refractivity contribution in [2.45, 2.75) is 41.2 Å². The molecule has 0 saturated heterocycles. The summed E-state index contributed by atoms with van der Waals surface area (Å²) in [6.45, 7) is 10.4. The molecule has 2 heterocycles. The molecule has 96 valence electrons. The lowest BCUT2D eigenvalue weighted by atomic mass is 10.1. The average molecular weight is 262 g/mol. The molecule has 0 fully saturated rings. The molecule has 0 saturated carbocycles. The highest BCUT2D eigenvalue weighted by atomic mass is 32.1. The van der Waals surface area contributed by atoms with E-state index >= 15 is 0 Å². The summed E-state index contributed by atoms with van der Waals surface area (Å²) in [7, 11) is 0. The maximum atomic E-state index is 12.3. The van der Waals surface area contributed by atoms with E-state index in [9.17, 15) is 4.79 Å². The van der Waals surface area contributed by atoms with Crippen LogP contribution in [0.4, 0.5) is 0 Å². The number of ketones is 1. The summed E-state index contributed by atoms with van der Waals surface area (Å²) in [6.07, 6.45) is 0. The standard InChI is InChI=1S/C14H18N2OS/c1-8-6-13(12(5)18-8)14(17)7-16-11(4)9(2)10(3)15-16/h6H,7H2,1-5H3. The van der Waals surface area contributed by atoms with Gasteiger partial charge < -0.3 is 0 Å². The van der Waals surface area contributed by atoms with Crippen molar-refractivity contribution >= 4 is 17.1 Å². The molecule has 0 unspecified atom stereocenters. The van der Waals surface area contributed by atoms with Gasteiger partial charge in [-0.15, -0.1) is 11.3 Å². The number of Topliss-reactive ketones (excluding diaryl/α,β-unsaturated/α-hetero) is 1. The second-order valence-electron chi connectivity index (χ2n) is 4.70. The summed E-state index contributed by atoms with van der Waals surface area (Å²) < 4.78 is 1.80. The minimum Gasteiger partial charge on any atom is -0.292 e. The topological polar surface area (TPSA) is 34.9 Å². The van der Waals surface area contributed by atoms with Crippen LogP contribution >= 0.6 is 11.3 Å². The third-order valence-electron chi connectivity index (χ3n) is 3.38. The molecule has 0 radical (unpaired) electrons. The third-order valence-corrected chi connectivity index (χ3v) is 4.34. The Morgan fingerprint density at radius 1 is 1.28 bits per heavy atom. The van der Waals surface area contributed by atoms with E-state index in [-0.39, 0.29) is 5.78 Å². The number of rotatable bonds is 3. The van der Waals surface area contributed by atoms with Crippen molar-refractivity contribution in [2.24, 2.45) is 0 Å². The Morgan fingerprint density at radius 3 is 2.39 bits per heavy atom. The first-order chi connectivity index (χ1) is 8.40. The molecule has 0 aliphatic heterocycles. The predicted octanol–water partition coefficient (Wildman–Crippen LogP) is 3.37. The second-order valence-corrected chi connectivity index (χ2v) is 6.16. The van der Waals surface area contributed by atoms with Crippen LogP contribution < -0.4 is 0 Å². The van der Waals surface area contributed by atoms with E-state index < -0.39 is 0 Å². The van der Waals surface area contributed by atoms with Crippen molar-refractivity contribution < 1.29 is 4.79 Å². The number of nitrogens with zero attached hydrogens (tertiary/aromatic N) is 2. The van der Waals surface area contributed by atoms with Crippen molar-refractivity contribution in [3.8, 4) is 0 Å². The molecule has 4 heteroatoms. The summed E-state index contributed by atoms with van der Waals surface area (Å²) in [5.74, 6) is 0.141. The molecular formula is C14H18N2OS. The Bertz CT molecular complexity index is 608. The lowest BCUT2D eigenvalue weighted by molar-refractivity contribution is 0.0966. The molecule has 3 nitrogen and oxygen atoms in total. The van der Waals surface area contributed by atoms with Crippen LogP contribution in [0.2, 0.25) is 0 Å². The number of hydrogen-bond acceptors (Lipinski definition) is 3. The number of carbonyl (C=O) groups excluding carboxylic acids is 1.